The second-order valence-corrected chi connectivity index (χ2v) is 5.28. The number of nitrogens with zero attached hydrogens (tertiary/aromatic N) is 1. The second kappa shape index (κ2) is 7.13. The first-order chi connectivity index (χ1) is 10.0. The molecule has 1 heterocycles. The van der Waals surface area contributed by atoms with Crippen molar-refractivity contribution in [3.63, 3.8) is 0 Å². The van der Waals surface area contributed by atoms with E-state index in [4.69, 9.17) is 4.74 Å². The van der Waals surface area contributed by atoms with Gasteiger partial charge in [0, 0.05) is 31.9 Å². The summed E-state index contributed by atoms with van der Waals surface area (Å²) in [5.41, 5.74) is 0.186. The molecule has 1 aliphatic rings. The molecule has 1 saturated heterocycles. The molecular weight excluding hydrogens is 281 g/mol. The zero-order valence-electron chi connectivity index (χ0n) is 12.1. The fourth-order valence-corrected chi connectivity index (χ4v) is 2.57. The van der Waals surface area contributed by atoms with Gasteiger partial charge in [0.15, 0.2) is 0 Å². The molecule has 6 heteroatoms. The lowest BCUT2D eigenvalue weighted by molar-refractivity contribution is -0.137. The summed E-state index contributed by atoms with van der Waals surface area (Å²) in [7, 11) is 1.62. The Kier molecular flexibility index (Phi) is 5.47. The van der Waals surface area contributed by atoms with Gasteiger partial charge in [0.25, 0.3) is 0 Å². The number of benzene rings is 1. The quantitative estimate of drug-likeness (QED) is 0.874. The van der Waals surface area contributed by atoms with Crippen molar-refractivity contribution in [3.05, 3.63) is 29.8 Å². The molecule has 1 unspecified atom stereocenters. The van der Waals surface area contributed by atoms with Gasteiger partial charge in [-0.25, -0.2) is 0 Å². The Morgan fingerprint density at radius 1 is 1.29 bits per heavy atom. The van der Waals surface area contributed by atoms with Gasteiger partial charge >= 0.3 is 6.18 Å². The molecule has 21 heavy (non-hydrogen) atoms. The number of ether oxygens (including phenoxy) is 1. The molecular formula is C15H21F3N2O. The molecule has 1 atom stereocenters. The second-order valence-electron chi connectivity index (χ2n) is 5.28. The number of methoxy groups -OCH3 is 1. The maximum atomic E-state index is 12.6. The average Bonchev–Trinajstić information content (AvgIpc) is 2.95. The maximum Gasteiger partial charge on any atom is 0.416 e. The fourth-order valence-electron chi connectivity index (χ4n) is 2.57. The molecule has 3 nitrogen and oxygen atoms in total. The Labute approximate surface area is 123 Å². The van der Waals surface area contributed by atoms with Gasteiger partial charge < -0.3 is 15.0 Å². The number of rotatable bonds is 6. The zero-order chi connectivity index (χ0) is 15.3. The Hall–Kier alpha value is -1.27. The molecule has 1 N–H and O–H groups in total. The minimum Gasteiger partial charge on any atom is -0.383 e. The van der Waals surface area contributed by atoms with E-state index in [0.29, 0.717) is 19.2 Å². The minimum atomic E-state index is -4.29. The van der Waals surface area contributed by atoms with Crippen molar-refractivity contribution in [1.82, 2.24) is 5.32 Å². The topological polar surface area (TPSA) is 24.5 Å². The van der Waals surface area contributed by atoms with E-state index in [1.54, 1.807) is 7.11 Å². The van der Waals surface area contributed by atoms with Crippen LogP contribution in [0.3, 0.4) is 0 Å². The lowest BCUT2D eigenvalue weighted by atomic mass is 10.1. The van der Waals surface area contributed by atoms with Crippen LogP contribution in [0.25, 0.3) is 0 Å². The molecule has 1 aliphatic heterocycles. The zero-order valence-corrected chi connectivity index (χ0v) is 12.1. The van der Waals surface area contributed by atoms with Crippen LogP contribution in [-0.4, -0.2) is 39.4 Å². The fraction of sp³-hybridized carbons (Fsp3) is 0.600. The number of alkyl halides is 3. The van der Waals surface area contributed by atoms with E-state index in [1.165, 1.54) is 12.1 Å². The minimum absolute atomic E-state index is 0.393. The van der Waals surface area contributed by atoms with E-state index in [-0.39, 0.29) is 0 Å². The summed E-state index contributed by atoms with van der Waals surface area (Å²) < 4.78 is 42.9. The Balaban J connectivity index is 2.07. The van der Waals surface area contributed by atoms with Crippen LogP contribution in [-0.2, 0) is 10.9 Å². The predicted molar refractivity (Wildman–Crippen MR) is 76.6 cm³/mol. The van der Waals surface area contributed by atoms with Crippen molar-refractivity contribution in [2.45, 2.75) is 25.1 Å². The highest BCUT2D eigenvalue weighted by Crippen LogP contribution is 2.30. The van der Waals surface area contributed by atoms with Gasteiger partial charge in [-0.15, -0.1) is 0 Å². The van der Waals surface area contributed by atoms with Gasteiger partial charge in [0.05, 0.1) is 12.2 Å². The lowest BCUT2D eigenvalue weighted by Crippen LogP contribution is -2.39. The molecule has 2 rings (SSSR count). The third-order valence-electron chi connectivity index (χ3n) is 3.73. The summed E-state index contributed by atoms with van der Waals surface area (Å²) in [6.45, 7) is 3.01. The number of hydrogen-bond acceptors (Lipinski definition) is 3. The van der Waals surface area contributed by atoms with Crippen molar-refractivity contribution in [2.75, 3.05) is 38.3 Å². The van der Waals surface area contributed by atoms with E-state index < -0.39 is 11.7 Å². The SMILES string of the molecule is COCCN(CC1CCCN1)c1ccc(C(F)(F)F)cc1. The van der Waals surface area contributed by atoms with Crippen LogP contribution in [0.1, 0.15) is 18.4 Å². The highest BCUT2D eigenvalue weighted by atomic mass is 19.4. The van der Waals surface area contributed by atoms with Crippen molar-refractivity contribution >= 4 is 5.69 Å². The largest absolute Gasteiger partial charge is 0.416 e. The molecule has 0 saturated carbocycles. The molecule has 1 aromatic carbocycles. The Morgan fingerprint density at radius 3 is 2.52 bits per heavy atom. The summed E-state index contributed by atoms with van der Waals surface area (Å²) in [4.78, 5) is 2.08. The van der Waals surface area contributed by atoms with E-state index in [1.807, 2.05) is 0 Å². The number of halogens is 3. The van der Waals surface area contributed by atoms with Crippen LogP contribution in [0, 0.1) is 0 Å². The summed E-state index contributed by atoms with van der Waals surface area (Å²) in [5, 5.41) is 3.41. The van der Waals surface area contributed by atoms with Gasteiger partial charge in [0.2, 0.25) is 0 Å². The Morgan fingerprint density at radius 2 is 2.00 bits per heavy atom. The van der Waals surface area contributed by atoms with Crippen molar-refractivity contribution in [1.29, 1.82) is 0 Å². The lowest BCUT2D eigenvalue weighted by Gasteiger charge is -2.28. The molecule has 0 spiro atoms. The maximum absolute atomic E-state index is 12.6. The average molecular weight is 302 g/mol. The van der Waals surface area contributed by atoms with Crippen LogP contribution in [0.2, 0.25) is 0 Å². The molecule has 1 aromatic rings. The normalized spacial score (nSPS) is 19.0. The van der Waals surface area contributed by atoms with Crippen LogP contribution >= 0.6 is 0 Å². The van der Waals surface area contributed by atoms with Crippen LogP contribution < -0.4 is 10.2 Å². The van der Waals surface area contributed by atoms with E-state index in [2.05, 4.69) is 10.2 Å². The van der Waals surface area contributed by atoms with Gasteiger partial charge in [-0.05, 0) is 43.7 Å². The first-order valence-corrected chi connectivity index (χ1v) is 7.15. The molecule has 0 bridgehead atoms. The van der Waals surface area contributed by atoms with Crippen molar-refractivity contribution in [2.24, 2.45) is 0 Å². The summed E-state index contributed by atoms with van der Waals surface area (Å²) in [5.74, 6) is 0. The molecule has 0 aliphatic carbocycles. The first-order valence-electron chi connectivity index (χ1n) is 7.15. The van der Waals surface area contributed by atoms with E-state index in [0.717, 1.165) is 43.8 Å². The van der Waals surface area contributed by atoms with Crippen molar-refractivity contribution in [3.8, 4) is 0 Å². The van der Waals surface area contributed by atoms with E-state index >= 15 is 0 Å². The molecule has 0 radical (unpaired) electrons. The number of hydrogen-bond donors (Lipinski definition) is 1. The highest BCUT2D eigenvalue weighted by molar-refractivity contribution is 5.48. The van der Waals surface area contributed by atoms with Gasteiger partial charge in [-0.1, -0.05) is 0 Å². The van der Waals surface area contributed by atoms with E-state index in [9.17, 15) is 13.2 Å². The standard InChI is InChI=1S/C15H21F3N2O/c1-21-10-9-20(11-13-3-2-8-19-13)14-6-4-12(5-7-14)15(16,17)18/h4-7,13,19H,2-3,8-11H2,1H3. The summed E-state index contributed by atoms with van der Waals surface area (Å²) in [6, 6.07) is 5.74. The molecule has 1 fully saturated rings. The first kappa shape index (κ1) is 16.1. The van der Waals surface area contributed by atoms with Crippen LogP contribution in [0.15, 0.2) is 24.3 Å². The van der Waals surface area contributed by atoms with Gasteiger partial charge in [-0.2, -0.15) is 13.2 Å². The smallest absolute Gasteiger partial charge is 0.383 e. The number of anilines is 1. The highest BCUT2D eigenvalue weighted by Gasteiger charge is 2.30. The van der Waals surface area contributed by atoms with Crippen molar-refractivity contribution < 1.29 is 17.9 Å². The summed E-state index contributed by atoms with van der Waals surface area (Å²) >= 11 is 0. The summed E-state index contributed by atoms with van der Waals surface area (Å²) in [6.07, 6.45) is -2.04. The van der Waals surface area contributed by atoms with Gasteiger partial charge in [0.1, 0.15) is 0 Å². The predicted octanol–water partition coefficient (Wildman–Crippen LogP) is 2.91. The van der Waals surface area contributed by atoms with Gasteiger partial charge in [-0.3, -0.25) is 0 Å². The Bertz CT molecular complexity index is 428. The molecule has 0 aromatic heterocycles. The monoisotopic (exact) mass is 302 g/mol. The third kappa shape index (κ3) is 4.61. The van der Waals surface area contributed by atoms with Crippen LogP contribution in [0.5, 0.6) is 0 Å². The number of nitrogens with one attached hydrogen (secondary N) is 1. The molecule has 0 amide bonds. The third-order valence-corrected chi connectivity index (χ3v) is 3.73. The molecule has 118 valence electrons. The van der Waals surface area contributed by atoms with Crippen LogP contribution in [0.4, 0.5) is 18.9 Å².